The standard InChI is InChI=1S/C9H11N3S/c10-7-6-3-4-13-9(6)12-8(11-7)5-1-2-5/h5H,1-4H2,(H2,10,11,12). The third kappa shape index (κ3) is 1.20. The van der Waals surface area contributed by atoms with Gasteiger partial charge < -0.3 is 5.73 Å². The molecule has 3 rings (SSSR count). The van der Waals surface area contributed by atoms with Gasteiger partial charge in [0.1, 0.15) is 16.7 Å². The lowest BCUT2D eigenvalue weighted by Crippen LogP contribution is -2.03. The average molecular weight is 193 g/mol. The summed E-state index contributed by atoms with van der Waals surface area (Å²) in [6.07, 6.45) is 3.52. The van der Waals surface area contributed by atoms with E-state index in [0.717, 1.165) is 28.8 Å². The first-order valence-corrected chi connectivity index (χ1v) is 5.62. The van der Waals surface area contributed by atoms with Crippen molar-refractivity contribution in [1.29, 1.82) is 0 Å². The number of rotatable bonds is 1. The molecule has 0 atom stereocenters. The Morgan fingerprint density at radius 1 is 1.31 bits per heavy atom. The van der Waals surface area contributed by atoms with Crippen LogP contribution >= 0.6 is 11.8 Å². The van der Waals surface area contributed by atoms with Gasteiger partial charge in [-0.2, -0.15) is 0 Å². The maximum absolute atomic E-state index is 5.87. The molecule has 68 valence electrons. The number of hydrogen-bond acceptors (Lipinski definition) is 4. The molecule has 0 bridgehead atoms. The quantitative estimate of drug-likeness (QED) is 0.688. The summed E-state index contributed by atoms with van der Waals surface area (Å²) in [7, 11) is 0. The van der Waals surface area contributed by atoms with Crippen molar-refractivity contribution in [2.45, 2.75) is 30.2 Å². The van der Waals surface area contributed by atoms with Gasteiger partial charge in [-0.25, -0.2) is 9.97 Å². The minimum atomic E-state index is 0.605. The molecule has 1 aliphatic carbocycles. The number of nitrogens with two attached hydrogens (primary N) is 1. The highest BCUT2D eigenvalue weighted by Gasteiger charge is 2.29. The minimum absolute atomic E-state index is 0.605. The number of thioether (sulfide) groups is 1. The van der Waals surface area contributed by atoms with Gasteiger partial charge in [0, 0.05) is 17.2 Å². The molecule has 2 N–H and O–H groups in total. The lowest BCUT2D eigenvalue weighted by atomic mass is 10.2. The summed E-state index contributed by atoms with van der Waals surface area (Å²) < 4.78 is 0. The van der Waals surface area contributed by atoms with Crippen molar-refractivity contribution in [3.63, 3.8) is 0 Å². The molecule has 0 radical (unpaired) electrons. The smallest absolute Gasteiger partial charge is 0.135 e. The maximum atomic E-state index is 5.87. The van der Waals surface area contributed by atoms with Crippen LogP contribution in [0.2, 0.25) is 0 Å². The second-order valence-electron chi connectivity index (χ2n) is 3.62. The monoisotopic (exact) mass is 193 g/mol. The summed E-state index contributed by atoms with van der Waals surface area (Å²) >= 11 is 1.81. The fraction of sp³-hybridized carbons (Fsp3) is 0.556. The Labute approximate surface area is 81.1 Å². The molecular formula is C9H11N3S. The summed E-state index contributed by atoms with van der Waals surface area (Å²) in [5, 5.41) is 1.13. The molecule has 1 aromatic heterocycles. The molecule has 3 nitrogen and oxygen atoms in total. The van der Waals surface area contributed by atoms with Crippen LogP contribution in [0.3, 0.4) is 0 Å². The van der Waals surface area contributed by atoms with Gasteiger partial charge >= 0.3 is 0 Å². The SMILES string of the molecule is Nc1nc(C2CC2)nc2c1CCS2. The van der Waals surface area contributed by atoms with Crippen LogP contribution in [0.5, 0.6) is 0 Å². The van der Waals surface area contributed by atoms with E-state index in [9.17, 15) is 0 Å². The van der Waals surface area contributed by atoms with E-state index < -0.39 is 0 Å². The van der Waals surface area contributed by atoms with Crippen molar-refractivity contribution in [1.82, 2.24) is 9.97 Å². The number of fused-ring (bicyclic) bond motifs is 1. The number of aromatic nitrogens is 2. The van der Waals surface area contributed by atoms with Crippen LogP contribution in [0.15, 0.2) is 5.03 Å². The predicted molar refractivity (Wildman–Crippen MR) is 52.8 cm³/mol. The van der Waals surface area contributed by atoms with Gasteiger partial charge in [-0.05, 0) is 19.3 Å². The van der Waals surface area contributed by atoms with Crippen LogP contribution in [-0.2, 0) is 6.42 Å². The van der Waals surface area contributed by atoms with E-state index in [2.05, 4.69) is 9.97 Å². The van der Waals surface area contributed by atoms with Gasteiger partial charge in [0.05, 0.1) is 0 Å². The first-order chi connectivity index (χ1) is 6.34. The minimum Gasteiger partial charge on any atom is -0.383 e. The number of nitrogen functional groups attached to an aromatic ring is 1. The van der Waals surface area contributed by atoms with Gasteiger partial charge in [-0.15, -0.1) is 11.8 Å². The topological polar surface area (TPSA) is 51.8 Å². The fourth-order valence-corrected chi connectivity index (χ4v) is 2.66. The third-order valence-corrected chi connectivity index (χ3v) is 3.57. The molecule has 2 aliphatic rings. The average Bonchev–Trinajstić information content (AvgIpc) is 2.85. The number of nitrogens with zero attached hydrogens (tertiary/aromatic N) is 2. The summed E-state index contributed by atoms with van der Waals surface area (Å²) in [4.78, 5) is 8.91. The zero-order valence-corrected chi connectivity index (χ0v) is 8.10. The van der Waals surface area contributed by atoms with Crippen LogP contribution in [0.1, 0.15) is 30.1 Å². The van der Waals surface area contributed by atoms with Crippen molar-refractivity contribution in [3.05, 3.63) is 11.4 Å². The second-order valence-corrected chi connectivity index (χ2v) is 4.71. The number of hydrogen-bond donors (Lipinski definition) is 1. The van der Waals surface area contributed by atoms with Crippen molar-refractivity contribution in [2.75, 3.05) is 11.5 Å². The Morgan fingerprint density at radius 2 is 2.15 bits per heavy atom. The van der Waals surface area contributed by atoms with Gasteiger partial charge in [0.15, 0.2) is 0 Å². The maximum Gasteiger partial charge on any atom is 0.135 e. The Kier molecular flexibility index (Phi) is 1.53. The van der Waals surface area contributed by atoms with E-state index in [1.807, 2.05) is 11.8 Å². The van der Waals surface area contributed by atoms with Crippen molar-refractivity contribution < 1.29 is 0 Å². The zero-order chi connectivity index (χ0) is 8.84. The Morgan fingerprint density at radius 3 is 2.92 bits per heavy atom. The van der Waals surface area contributed by atoms with E-state index in [0.29, 0.717) is 5.92 Å². The van der Waals surface area contributed by atoms with Crippen LogP contribution in [-0.4, -0.2) is 15.7 Å². The van der Waals surface area contributed by atoms with Crippen LogP contribution in [0, 0.1) is 0 Å². The van der Waals surface area contributed by atoms with Crippen molar-refractivity contribution in [2.24, 2.45) is 0 Å². The first-order valence-electron chi connectivity index (χ1n) is 4.63. The predicted octanol–water partition coefficient (Wildman–Crippen LogP) is 1.58. The normalized spacial score (nSPS) is 20.3. The molecule has 1 fully saturated rings. The molecule has 4 heteroatoms. The molecule has 2 heterocycles. The van der Waals surface area contributed by atoms with Crippen molar-refractivity contribution in [3.8, 4) is 0 Å². The largest absolute Gasteiger partial charge is 0.383 e. The van der Waals surface area contributed by atoms with Crippen LogP contribution in [0.4, 0.5) is 5.82 Å². The van der Waals surface area contributed by atoms with E-state index in [1.54, 1.807) is 0 Å². The Balaban J connectivity index is 2.10. The van der Waals surface area contributed by atoms with Gasteiger partial charge in [0.25, 0.3) is 0 Å². The molecule has 0 saturated heterocycles. The molecule has 0 amide bonds. The van der Waals surface area contributed by atoms with Crippen LogP contribution < -0.4 is 5.73 Å². The zero-order valence-electron chi connectivity index (χ0n) is 7.29. The highest BCUT2D eigenvalue weighted by molar-refractivity contribution is 7.99. The summed E-state index contributed by atoms with van der Waals surface area (Å²) in [5.41, 5.74) is 7.05. The molecule has 1 aromatic rings. The number of anilines is 1. The lowest BCUT2D eigenvalue weighted by Gasteiger charge is -2.04. The van der Waals surface area contributed by atoms with E-state index >= 15 is 0 Å². The molecule has 13 heavy (non-hydrogen) atoms. The highest BCUT2D eigenvalue weighted by atomic mass is 32.2. The molecule has 0 unspecified atom stereocenters. The van der Waals surface area contributed by atoms with E-state index in [-0.39, 0.29) is 0 Å². The summed E-state index contributed by atoms with van der Waals surface area (Å²) in [5.74, 6) is 3.42. The van der Waals surface area contributed by atoms with Gasteiger partial charge in [-0.3, -0.25) is 0 Å². The van der Waals surface area contributed by atoms with E-state index in [4.69, 9.17) is 5.73 Å². The third-order valence-electron chi connectivity index (χ3n) is 2.55. The highest BCUT2D eigenvalue weighted by Crippen LogP contribution is 2.41. The Hall–Kier alpha value is -0.770. The van der Waals surface area contributed by atoms with Crippen LogP contribution in [0.25, 0.3) is 0 Å². The molecule has 0 spiro atoms. The van der Waals surface area contributed by atoms with E-state index in [1.165, 1.54) is 18.4 Å². The summed E-state index contributed by atoms with van der Waals surface area (Å²) in [6.45, 7) is 0. The molecular weight excluding hydrogens is 182 g/mol. The molecule has 0 aromatic carbocycles. The van der Waals surface area contributed by atoms with Gasteiger partial charge in [-0.1, -0.05) is 0 Å². The molecule has 1 saturated carbocycles. The Bertz CT molecular complexity index is 360. The summed E-state index contributed by atoms with van der Waals surface area (Å²) in [6, 6.07) is 0. The fourth-order valence-electron chi connectivity index (χ4n) is 1.63. The van der Waals surface area contributed by atoms with Crippen molar-refractivity contribution >= 4 is 17.6 Å². The lowest BCUT2D eigenvalue weighted by molar-refractivity contribution is 0.865. The second kappa shape index (κ2) is 2.61. The first kappa shape index (κ1) is 7.62. The van der Waals surface area contributed by atoms with Gasteiger partial charge in [0.2, 0.25) is 0 Å². The molecule has 1 aliphatic heterocycles.